The van der Waals surface area contributed by atoms with Gasteiger partial charge in [0.25, 0.3) is 11.1 Å². The van der Waals surface area contributed by atoms with Gasteiger partial charge >= 0.3 is 5.97 Å². The predicted octanol–water partition coefficient (Wildman–Crippen LogP) is 2.74. The van der Waals surface area contributed by atoms with Crippen LogP contribution < -0.4 is 10.5 Å². The van der Waals surface area contributed by atoms with Gasteiger partial charge in [0.2, 0.25) is 5.91 Å². The van der Waals surface area contributed by atoms with E-state index < -0.39 is 29.6 Å². The van der Waals surface area contributed by atoms with Crippen molar-refractivity contribution in [1.82, 2.24) is 4.90 Å². The van der Waals surface area contributed by atoms with Gasteiger partial charge in [0.1, 0.15) is 12.3 Å². The third kappa shape index (κ3) is 4.47. The molecular formula is C20H16N2O5S. The smallest absolute Gasteiger partial charge is 0.343 e. The molecule has 0 aromatic heterocycles. The van der Waals surface area contributed by atoms with E-state index in [2.05, 4.69) is 0 Å². The van der Waals surface area contributed by atoms with Crippen LogP contribution in [0, 0.1) is 6.92 Å². The second-order valence-electron chi connectivity index (χ2n) is 6.06. The van der Waals surface area contributed by atoms with E-state index in [1.807, 2.05) is 19.1 Å². The molecule has 2 aromatic rings. The van der Waals surface area contributed by atoms with Crippen molar-refractivity contribution < 1.29 is 23.9 Å². The lowest BCUT2D eigenvalue weighted by Crippen LogP contribution is -2.36. The SMILES string of the molecule is Cc1ccc(C(=O)Oc2ccc(/C=C3\SC(=O)N(CC(N)=O)C3=O)cc2)cc1. The van der Waals surface area contributed by atoms with Crippen molar-refractivity contribution in [3.8, 4) is 5.75 Å². The Kier molecular flexibility index (Phi) is 5.60. The molecule has 1 aliphatic heterocycles. The zero-order valence-electron chi connectivity index (χ0n) is 14.9. The van der Waals surface area contributed by atoms with Gasteiger partial charge in [-0.15, -0.1) is 0 Å². The number of hydrogen-bond donors (Lipinski definition) is 1. The summed E-state index contributed by atoms with van der Waals surface area (Å²) in [6.07, 6.45) is 1.53. The Bertz CT molecular complexity index is 981. The minimum absolute atomic E-state index is 0.190. The Morgan fingerprint density at radius 1 is 1.07 bits per heavy atom. The van der Waals surface area contributed by atoms with Gasteiger partial charge in [-0.2, -0.15) is 0 Å². The summed E-state index contributed by atoms with van der Waals surface area (Å²) in [5.74, 6) is -1.45. The van der Waals surface area contributed by atoms with Crippen molar-refractivity contribution in [1.29, 1.82) is 0 Å². The molecule has 7 nitrogen and oxygen atoms in total. The van der Waals surface area contributed by atoms with E-state index in [1.165, 1.54) is 6.08 Å². The zero-order chi connectivity index (χ0) is 20.3. The molecule has 1 heterocycles. The molecule has 0 saturated carbocycles. The molecule has 2 N–H and O–H groups in total. The van der Waals surface area contributed by atoms with Gasteiger partial charge in [-0.3, -0.25) is 19.3 Å². The second kappa shape index (κ2) is 8.10. The Morgan fingerprint density at radius 2 is 1.71 bits per heavy atom. The molecule has 1 aliphatic rings. The molecule has 28 heavy (non-hydrogen) atoms. The summed E-state index contributed by atoms with van der Waals surface area (Å²) in [6.45, 7) is 1.48. The fourth-order valence-corrected chi connectivity index (χ4v) is 3.27. The summed E-state index contributed by atoms with van der Waals surface area (Å²) in [5, 5.41) is -0.543. The second-order valence-corrected chi connectivity index (χ2v) is 7.05. The first-order valence-electron chi connectivity index (χ1n) is 8.26. The van der Waals surface area contributed by atoms with E-state index in [9.17, 15) is 19.2 Å². The molecule has 3 amide bonds. The number of hydrogen-bond acceptors (Lipinski definition) is 6. The molecule has 0 atom stereocenters. The highest BCUT2D eigenvalue weighted by molar-refractivity contribution is 8.18. The Labute approximate surface area is 165 Å². The molecule has 8 heteroatoms. The summed E-state index contributed by atoms with van der Waals surface area (Å²) in [7, 11) is 0. The van der Waals surface area contributed by atoms with Crippen LogP contribution in [-0.4, -0.2) is 34.5 Å². The predicted molar refractivity (Wildman–Crippen MR) is 104 cm³/mol. The Balaban J connectivity index is 1.69. The maximum absolute atomic E-state index is 12.2. The number of aryl methyl sites for hydroxylation is 1. The molecule has 142 valence electrons. The number of thioether (sulfide) groups is 1. The number of amides is 3. The lowest BCUT2D eigenvalue weighted by atomic mass is 10.1. The van der Waals surface area contributed by atoms with Crippen LogP contribution in [0.1, 0.15) is 21.5 Å². The van der Waals surface area contributed by atoms with Crippen molar-refractivity contribution >= 4 is 40.9 Å². The van der Waals surface area contributed by atoms with E-state index >= 15 is 0 Å². The number of ether oxygens (including phenoxy) is 1. The topological polar surface area (TPSA) is 107 Å². The van der Waals surface area contributed by atoms with Crippen molar-refractivity contribution in [2.24, 2.45) is 5.73 Å². The summed E-state index contributed by atoms with van der Waals surface area (Å²) in [6, 6.07) is 13.5. The average Bonchev–Trinajstić information content (AvgIpc) is 2.91. The van der Waals surface area contributed by atoms with Crippen molar-refractivity contribution in [3.63, 3.8) is 0 Å². The van der Waals surface area contributed by atoms with Gasteiger partial charge in [0.15, 0.2) is 0 Å². The largest absolute Gasteiger partial charge is 0.423 e. The average molecular weight is 396 g/mol. The van der Waals surface area contributed by atoms with Crippen LogP contribution in [-0.2, 0) is 9.59 Å². The normalized spacial score (nSPS) is 15.2. The summed E-state index contributed by atoms with van der Waals surface area (Å²) < 4.78 is 5.32. The van der Waals surface area contributed by atoms with Gasteiger partial charge in [0.05, 0.1) is 10.5 Å². The minimum atomic E-state index is -0.761. The number of nitrogens with zero attached hydrogens (tertiary/aromatic N) is 1. The maximum Gasteiger partial charge on any atom is 0.343 e. The van der Waals surface area contributed by atoms with Crippen LogP contribution >= 0.6 is 11.8 Å². The van der Waals surface area contributed by atoms with E-state index in [0.717, 1.165) is 22.2 Å². The van der Waals surface area contributed by atoms with Gasteiger partial charge in [-0.1, -0.05) is 29.8 Å². The highest BCUT2D eigenvalue weighted by Crippen LogP contribution is 2.32. The molecule has 2 aromatic carbocycles. The van der Waals surface area contributed by atoms with Gasteiger partial charge in [-0.05, 0) is 54.6 Å². The van der Waals surface area contributed by atoms with E-state index in [1.54, 1.807) is 36.4 Å². The third-order valence-corrected chi connectivity index (χ3v) is 4.77. The highest BCUT2D eigenvalue weighted by Gasteiger charge is 2.35. The minimum Gasteiger partial charge on any atom is -0.423 e. The van der Waals surface area contributed by atoms with E-state index in [4.69, 9.17) is 10.5 Å². The summed E-state index contributed by atoms with van der Waals surface area (Å²) >= 11 is 0.737. The number of carbonyl (C=O) groups is 4. The summed E-state index contributed by atoms with van der Waals surface area (Å²) in [4.78, 5) is 48.1. The van der Waals surface area contributed by atoms with Gasteiger partial charge < -0.3 is 10.5 Å². The van der Waals surface area contributed by atoms with Crippen LogP contribution in [0.3, 0.4) is 0 Å². The molecule has 3 rings (SSSR count). The van der Waals surface area contributed by atoms with Crippen molar-refractivity contribution in [2.45, 2.75) is 6.92 Å². The zero-order valence-corrected chi connectivity index (χ0v) is 15.7. The van der Waals surface area contributed by atoms with Crippen LogP contribution in [0.15, 0.2) is 53.4 Å². The number of rotatable bonds is 5. The Morgan fingerprint density at radius 3 is 2.32 bits per heavy atom. The van der Waals surface area contributed by atoms with Crippen molar-refractivity contribution in [3.05, 3.63) is 70.1 Å². The molecular weight excluding hydrogens is 380 g/mol. The molecule has 0 unspecified atom stereocenters. The van der Waals surface area contributed by atoms with E-state index in [0.29, 0.717) is 16.9 Å². The molecule has 1 fully saturated rings. The van der Waals surface area contributed by atoms with E-state index in [-0.39, 0.29) is 4.91 Å². The molecule has 1 saturated heterocycles. The highest BCUT2D eigenvalue weighted by atomic mass is 32.2. The van der Waals surface area contributed by atoms with Crippen LogP contribution in [0.25, 0.3) is 6.08 Å². The number of imide groups is 1. The fourth-order valence-electron chi connectivity index (χ4n) is 2.43. The standard InChI is InChI=1S/C20H16N2O5S/c1-12-2-6-14(7-3-12)19(25)27-15-8-4-13(5-9-15)10-16-18(24)22(11-17(21)23)20(26)28-16/h2-10H,11H2,1H3,(H2,21,23)/b16-10-. The number of primary amides is 1. The monoisotopic (exact) mass is 396 g/mol. The van der Waals surface area contributed by atoms with Crippen LogP contribution in [0.5, 0.6) is 5.75 Å². The number of nitrogens with two attached hydrogens (primary N) is 1. The lowest BCUT2D eigenvalue weighted by Gasteiger charge is -2.08. The lowest BCUT2D eigenvalue weighted by molar-refractivity contribution is -0.127. The first-order chi connectivity index (χ1) is 13.3. The summed E-state index contributed by atoms with van der Waals surface area (Å²) in [5.41, 5.74) is 7.17. The third-order valence-electron chi connectivity index (χ3n) is 3.86. The molecule has 0 radical (unpaired) electrons. The number of carbonyl (C=O) groups excluding carboxylic acids is 4. The van der Waals surface area contributed by atoms with Gasteiger partial charge in [-0.25, -0.2) is 4.79 Å². The van der Waals surface area contributed by atoms with Crippen LogP contribution in [0.4, 0.5) is 4.79 Å². The maximum atomic E-state index is 12.2. The first-order valence-corrected chi connectivity index (χ1v) is 9.08. The number of benzene rings is 2. The fraction of sp³-hybridized carbons (Fsp3) is 0.100. The Hall–Kier alpha value is -3.39. The van der Waals surface area contributed by atoms with Gasteiger partial charge in [0, 0.05) is 0 Å². The first kappa shape index (κ1) is 19.4. The molecule has 0 bridgehead atoms. The quantitative estimate of drug-likeness (QED) is 0.473. The van der Waals surface area contributed by atoms with Crippen LogP contribution in [0.2, 0.25) is 0 Å². The molecule has 0 spiro atoms. The molecule has 0 aliphatic carbocycles. The van der Waals surface area contributed by atoms with Crippen molar-refractivity contribution in [2.75, 3.05) is 6.54 Å². The number of esters is 1.